The lowest BCUT2D eigenvalue weighted by molar-refractivity contribution is 0.0739. The molecular weight excluding hydrogens is 230 g/mol. The topological polar surface area (TPSA) is 38.8 Å². The average Bonchev–Trinajstić information content (AvgIpc) is 2.44. The number of nitrogens with zero attached hydrogens (tertiary/aromatic N) is 1. The van der Waals surface area contributed by atoms with Crippen LogP contribution in [0.2, 0.25) is 0 Å². The maximum atomic E-state index is 12.3. The Balaban J connectivity index is 2.20. The van der Waals surface area contributed by atoms with E-state index in [0.29, 0.717) is 30.3 Å². The third kappa shape index (κ3) is 2.42. The Morgan fingerprint density at radius 2 is 2.00 bits per heavy atom. The summed E-state index contributed by atoms with van der Waals surface area (Å²) in [5.41, 5.74) is 0.641. The van der Waals surface area contributed by atoms with Crippen molar-refractivity contribution in [3.05, 3.63) is 23.8 Å². The molecule has 1 aromatic rings. The molecule has 0 N–H and O–H groups in total. The largest absolute Gasteiger partial charge is 0.486 e. The number of hydrogen-bond donors (Lipinski definition) is 0. The van der Waals surface area contributed by atoms with E-state index in [-0.39, 0.29) is 11.9 Å². The van der Waals surface area contributed by atoms with E-state index in [4.69, 9.17) is 9.47 Å². The summed E-state index contributed by atoms with van der Waals surface area (Å²) in [5.74, 6) is 1.38. The zero-order valence-electron chi connectivity index (χ0n) is 11.1. The van der Waals surface area contributed by atoms with E-state index >= 15 is 0 Å². The molecule has 4 heteroatoms. The second-order valence-corrected chi connectivity index (χ2v) is 4.53. The van der Waals surface area contributed by atoms with Gasteiger partial charge in [0.25, 0.3) is 5.91 Å². The molecule has 0 spiro atoms. The molecular formula is C14H19NO3. The van der Waals surface area contributed by atoms with Crippen molar-refractivity contribution >= 4 is 5.91 Å². The highest BCUT2D eigenvalue weighted by molar-refractivity contribution is 5.95. The Morgan fingerprint density at radius 1 is 1.33 bits per heavy atom. The minimum absolute atomic E-state index is 0.0151. The van der Waals surface area contributed by atoms with Crippen LogP contribution in [0.25, 0.3) is 0 Å². The van der Waals surface area contributed by atoms with Gasteiger partial charge in [0.05, 0.1) is 0 Å². The molecule has 0 aromatic heterocycles. The number of ether oxygens (including phenoxy) is 2. The summed E-state index contributed by atoms with van der Waals surface area (Å²) >= 11 is 0. The number of benzene rings is 1. The maximum Gasteiger partial charge on any atom is 0.253 e. The van der Waals surface area contributed by atoms with Crippen molar-refractivity contribution in [2.24, 2.45) is 0 Å². The van der Waals surface area contributed by atoms with Gasteiger partial charge in [-0.1, -0.05) is 6.92 Å². The first-order valence-electron chi connectivity index (χ1n) is 6.30. The highest BCUT2D eigenvalue weighted by Gasteiger charge is 2.19. The normalized spacial score (nSPS) is 15.1. The van der Waals surface area contributed by atoms with E-state index in [9.17, 15) is 4.79 Å². The number of rotatable bonds is 3. The lowest BCUT2D eigenvalue weighted by Crippen LogP contribution is -2.34. The van der Waals surface area contributed by atoms with Gasteiger partial charge in [0, 0.05) is 18.7 Å². The summed E-state index contributed by atoms with van der Waals surface area (Å²) in [6, 6.07) is 5.57. The van der Waals surface area contributed by atoms with Crippen molar-refractivity contribution < 1.29 is 14.3 Å². The third-order valence-corrected chi connectivity index (χ3v) is 3.36. The lowest BCUT2D eigenvalue weighted by Gasteiger charge is -2.25. The van der Waals surface area contributed by atoms with Crippen molar-refractivity contribution in [2.75, 3.05) is 20.3 Å². The van der Waals surface area contributed by atoms with E-state index in [2.05, 4.69) is 6.92 Å². The molecule has 1 aromatic carbocycles. The molecule has 0 saturated heterocycles. The molecule has 1 unspecified atom stereocenters. The first-order chi connectivity index (χ1) is 8.63. The van der Waals surface area contributed by atoms with Crippen LogP contribution in [0.1, 0.15) is 30.6 Å². The molecule has 1 heterocycles. The van der Waals surface area contributed by atoms with Crippen molar-refractivity contribution in [1.29, 1.82) is 0 Å². The Labute approximate surface area is 107 Å². The maximum absolute atomic E-state index is 12.3. The van der Waals surface area contributed by atoms with Gasteiger partial charge in [-0.25, -0.2) is 0 Å². The second kappa shape index (κ2) is 5.29. The summed E-state index contributed by atoms with van der Waals surface area (Å²) in [4.78, 5) is 14.0. The predicted octanol–water partition coefficient (Wildman–Crippen LogP) is 2.33. The van der Waals surface area contributed by atoms with Crippen molar-refractivity contribution in [2.45, 2.75) is 26.3 Å². The highest BCUT2D eigenvalue weighted by atomic mass is 16.6. The van der Waals surface area contributed by atoms with Gasteiger partial charge in [0.2, 0.25) is 0 Å². The zero-order valence-corrected chi connectivity index (χ0v) is 11.1. The molecule has 0 saturated carbocycles. The molecule has 18 heavy (non-hydrogen) atoms. The van der Waals surface area contributed by atoms with E-state index in [0.717, 1.165) is 6.42 Å². The van der Waals surface area contributed by atoms with E-state index in [1.54, 1.807) is 23.1 Å². The van der Waals surface area contributed by atoms with Crippen LogP contribution >= 0.6 is 0 Å². The van der Waals surface area contributed by atoms with Gasteiger partial charge in [-0.05, 0) is 31.5 Å². The number of carbonyl (C=O) groups excluding carboxylic acids is 1. The Kier molecular flexibility index (Phi) is 3.75. The van der Waals surface area contributed by atoms with E-state index < -0.39 is 0 Å². The van der Waals surface area contributed by atoms with Crippen LogP contribution in [0.3, 0.4) is 0 Å². The molecule has 0 aliphatic carbocycles. The van der Waals surface area contributed by atoms with Gasteiger partial charge in [-0.2, -0.15) is 0 Å². The fraction of sp³-hybridized carbons (Fsp3) is 0.500. The first kappa shape index (κ1) is 12.7. The summed E-state index contributed by atoms with van der Waals surface area (Å²) < 4.78 is 10.9. The Hall–Kier alpha value is -1.71. The third-order valence-electron chi connectivity index (χ3n) is 3.36. The zero-order chi connectivity index (χ0) is 13.1. The van der Waals surface area contributed by atoms with Crippen LogP contribution in [-0.2, 0) is 0 Å². The monoisotopic (exact) mass is 249 g/mol. The second-order valence-electron chi connectivity index (χ2n) is 4.53. The standard InChI is InChI=1S/C14H19NO3/c1-4-10(2)15(3)14(16)11-5-6-12-13(9-11)18-8-7-17-12/h5-6,9-10H,4,7-8H2,1-3H3. The fourth-order valence-electron chi connectivity index (χ4n) is 1.85. The molecule has 0 bridgehead atoms. The summed E-state index contributed by atoms with van der Waals surface area (Å²) in [6.45, 7) is 5.20. The number of hydrogen-bond acceptors (Lipinski definition) is 3. The van der Waals surface area contributed by atoms with Crippen LogP contribution in [0.5, 0.6) is 11.5 Å². The SMILES string of the molecule is CCC(C)N(C)C(=O)c1ccc2c(c1)OCCO2. The van der Waals surface area contributed by atoms with Crippen molar-refractivity contribution in [3.63, 3.8) is 0 Å². The minimum atomic E-state index is 0.0151. The molecule has 0 radical (unpaired) electrons. The Morgan fingerprint density at radius 3 is 2.67 bits per heavy atom. The molecule has 1 aliphatic rings. The van der Waals surface area contributed by atoms with E-state index in [1.807, 2.05) is 14.0 Å². The number of carbonyl (C=O) groups is 1. The molecule has 2 rings (SSSR count). The van der Waals surface area contributed by atoms with Crippen LogP contribution in [-0.4, -0.2) is 37.1 Å². The lowest BCUT2D eigenvalue weighted by atomic mass is 10.1. The number of amides is 1. The predicted molar refractivity (Wildman–Crippen MR) is 69.3 cm³/mol. The molecule has 1 atom stereocenters. The average molecular weight is 249 g/mol. The van der Waals surface area contributed by atoms with Crippen molar-refractivity contribution in [1.82, 2.24) is 4.90 Å². The van der Waals surface area contributed by atoms with Gasteiger partial charge < -0.3 is 14.4 Å². The van der Waals surface area contributed by atoms with Crippen molar-refractivity contribution in [3.8, 4) is 11.5 Å². The molecule has 0 fully saturated rings. The van der Waals surface area contributed by atoms with Gasteiger partial charge >= 0.3 is 0 Å². The van der Waals surface area contributed by atoms with Gasteiger partial charge in [-0.3, -0.25) is 4.79 Å². The summed E-state index contributed by atoms with van der Waals surface area (Å²) in [5, 5.41) is 0. The Bertz CT molecular complexity index is 445. The highest BCUT2D eigenvalue weighted by Crippen LogP contribution is 2.31. The van der Waals surface area contributed by atoms with Crippen LogP contribution in [0, 0.1) is 0 Å². The van der Waals surface area contributed by atoms with Gasteiger partial charge in [0.15, 0.2) is 11.5 Å². The number of fused-ring (bicyclic) bond motifs is 1. The molecule has 4 nitrogen and oxygen atoms in total. The fourth-order valence-corrected chi connectivity index (χ4v) is 1.85. The molecule has 1 amide bonds. The van der Waals surface area contributed by atoms with Gasteiger partial charge in [0.1, 0.15) is 13.2 Å². The quantitative estimate of drug-likeness (QED) is 0.825. The summed E-state index contributed by atoms with van der Waals surface area (Å²) in [7, 11) is 1.83. The first-order valence-corrected chi connectivity index (χ1v) is 6.30. The van der Waals surface area contributed by atoms with Crippen LogP contribution in [0.15, 0.2) is 18.2 Å². The minimum Gasteiger partial charge on any atom is -0.486 e. The van der Waals surface area contributed by atoms with Gasteiger partial charge in [-0.15, -0.1) is 0 Å². The molecule has 1 aliphatic heterocycles. The summed E-state index contributed by atoms with van der Waals surface area (Å²) in [6.07, 6.45) is 0.937. The van der Waals surface area contributed by atoms with E-state index in [1.165, 1.54) is 0 Å². The molecule has 98 valence electrons. The van der Waals surface area contributed by atoms with Crippen LogP contribution in [0.4, 0.5) is 0 Å². The smallest absolute Gasteiger partial charge is 0.253 e. The van der Waals surface area contributed by atoms with Crippen LogP contribution < -0.4 is 9.47 Å².